The molecule has 3 rings (SSSR count). The number of hydrogen-bond donors (Lipinski definition) is 0. The maximum atomic E-state index is 12.6. The Balaban J connectivity index is 2.04. The van der Waals surface area contributed by atoms with Crippen LogP contribution in [0.4, 0.5) is 16.3 Å². The minimum absolute atomic E-state index is 0.0671. The number of carbonyl (C=O) groups is 1. The second-order valence-electron chi connectivity index (χ2n) is 4.92. The molecule has 0 N–H and O–H groups in total. The zero-order valence-corrected chi connectivity index (χ0v) is 13.0. The van der Waals surface area contributed by atoms with Crippen LogP contribution in [0, 0.1) is 6.92 Å². The van der Waals surface area contributed by atoms with Gasteiger partial charge in [0.25, 0.3) is 0 Å². The summed E-state index contributed by atoms with van der Waals surface area (Å²) in [6.45, 7) is 2.50. The summed E-state index contributed by atoms with van der Waals surface area (Å²) in [5.41, 5.74) is 2.96. The van der Waals surface area contributed by atoms with Crippen molar-refractivity contribution >= 4 is 29.3 Å². The molecule has 0 aliphatic carbocycles. The van der Waals surface area contributed by atoms with E-state index in [2.05, 4.69) is 9.97 Å². The van der Waals surface area contributed by atoms with Crippen molar-refractivity contribution < 1.29 is 4.79 Å². The number of carbonyl (C=O) groups excluding carboxylic acids is 1. The molecule has 0 radical (unpaired) electrons. The lowest BCUT2D eigenvalue weighted by Gasteiger charge is -2.34. The first kappa shape index (κ1) is 13.9. The molecule has 108 valence electrons. The molecular formula is C15H16N4OS. The fourth-order valence-electron chi connectivity index (χ4n) is 2.45. The van der Waals surface area contributed by atoms with E-state index in [1.54, 1.807) is 16.8 Å². The van der Waals surface area contributed by atoms with Crippen molar-refractivity contribution in [1.82, 2.24) is 9.97 Å². The highest BCUT2D eigenvalue weighted by Crippen LogP contribution is 2.31. The number of amides is 2. The molecule has 0 spiro atoms. The number of rotatable bonds is 2. The van der Waals surface area contributed by atoms with E-state index >= 15 is 0 Å². The number of fused-ring (bicyclic) bond motifs is 1. The molecule has 1 aliphatic rings. The van der Waals surface area contributed by atoms with Gasteiger partial charge in [0, 0.05) is 24.5 Å². The zero-order valence-electron chi connectivity index (χ0n) is 12.2. The van der Waals surface area contributed by atoms with Crippen LogP contribution in [0.2, 0.25) is 0 Å². The van der Waals surface area contributed by atoms with Crippen molar-refractivity contribution in [3.05, 3.63) is 41.6 Å². The van der Waals surface area contributed by atoms with Gasteiger partial charge in [-0.05, 0) is 24.8 Å². The van der Waals surface area contributed by atoms with Gasteiger partial charge in [-0.1, -0.05) is 30.0 Å². The Morgan fingerprint density at radius 2 is 2.05 bits per heavy atom. The van der Waals surface area contributed by atoms with Crippen molar-refractivity contribution in [2.75, 3.05) is 23.1 Å². The van der Waals surface area contributed by atoms with Crippen LogP contribution in [-0.2, 0) is 6.54 Å². The number of nitrogens with zero attached hydrogens (tertiary/aromatic N) is 4. The van der Waals surface area contributed by atoms with Crippen LogP contribution in [0.5, 0.6) is 0 Å². The van der Waals surface area contributed by atoms with Gasteiger partial charge in [0.05, 0.1) is 6.54 Å². The van der Waals surface area contributed by atoms with Crippen LogP contribution in [0.1, 0.15) is 11.1 Å². The van der Waals surface area contributed by atoms with E-state index in [9.17, 15) is 4.79 Å². The summed E-state index contributed by atoms with van der Waals surface area (Å²) >= 11 is 1.47. The van der Waals surface area contributed by atoms with Crippen LogP contribution >= 0.6 is 11.8 Å². The first-order valence-corrected chi connectivity index (χ1v) is 7.85. The van der Waals surface area contributed by atoms with Crippen molar-refractivity contribution in [2.45, 2.75) is 18.6 Å². The van der Waals surface area contributed by atoms with Gasteiger partial charge in [-0.3, -0.25) is 9.80 Å². The second kappa shape index (κ2) is 5.37. The zero-order chi connectivity index (χ0) is 15.0. The number of urea groups is 1. The van der Waals surface area contributed by atoms with Gasteiger partial charge in [-0.25, -0.2) is 14.8 Å². The summed E-state index contributed by atoms with van der Waals surface area (Å²) < 4.78 is 0. The number of para-hydroxylation sites is 1. The van der Waals surface area contributed by atoms with Gasteiger partial charge in [0.2, 0.25) is 0 Å². The lowest BCUT2D eigenvalue weighted by molar-refractivity contribution is 0.251. The molecule has 1 aromatic heterocycles. The number of anilines is 2. The van der Waals surface area contributed by atoms with Gasteiger partial charge in [-0.2, -0.15) is 0 Å². The highest BCUT2D eigenvalue weighted by Gasteiger charge is 2.31. The molecule has 0 bridgehead atoms. The SMILES string of the molecule is CSc1ncc2c(n1)N(C)C(=O)N(c1ccccc1C)C2. The molecule has 2 amide bonds. The summed E-state index contributed by atoms with van der Waals surface area (Å²) in [7, 11) is 1.75. The Kier molecular flexibility index (Phi) is 3.55. The number of thioether (sulfide) groups is 1. The molecule has 6 heteroatoms. The Hall–Kier alpha value is -2.08. The molecule has 0 saturated carbocycles. The number of hydrogen-bond acceptors (Lipinski definition) is 4. The third kappa shape index (κ3) is 2.35. The molecule has 0 saturated heterocycles. The van der Waals surface area contributed by atoms with Gasteiger partial charge < -0.3 is 0 Å². The molecular weight excluding hydrogens is 284 g/mol. The molecule has 1 aromatic carbocycles. The van der Waals surface area contributed by atoms with Crippen molar-refractivity contribution in [2.24, 2.45) is 0 Å². The Morgan fingerprint density at radius 1 is 1.29 bits per heavy atom. The summed E-state index contributed by atoms with van der Waals surface area (Å²) in [5, 5.41) is 0.678. The van der Waals surface area contributed by atoms with E-state index in [4.69, 9.17) is 0 Å². The average Bonchev–Trinajstić information content (AvgIpc) is 2.51. The Labute approximate surface area is 128 Å². The fourth-order valence-corrected chi connectivity index (χ4v) is 2.78. The molecule has 5 nitrogen and oxygen atoms in total. The van der Waals surface area contributed by atoms with Crippen LogP contribution in [-0.4, -0.2) is 29.3 Å². The average molecular weight is 300 g/mol. The van der Waals surface area contributed by atoms with Gasteiger partial charge >= 0.3 is 6.03 Å². The van der Waals surface area contributed by atoms with E-state index in [1.165, 1.54) is 11.8 Å². The number of aromatic nitrogens is 2. The smallest absolute Gasteiger partial charge is 0.289 e. The Bertz CT molecular complexity index is 704. The summed E-state index contributed by atoms with van der Waals surface area (Å²) in [4.78, 5) is 24.7. The molecule has 1 aliphatic heterocycles. The largest absolute Gasteiger partial charge is 0.330 e. The van der Waals surface area contributed by atoms with E-state index < -0.39 is 0 Å². The molecule has 21 heavy (non-hydrogen) atoms. The standard InChI is InChI=1S/C15H16N4OS/c1-10-6-4-5-7-12(10)19-9-11-8-16-14(21-3)17-13(11)18(2)15(19)20/h4-8H,9H2,1-3H3. The molecule has 2 aromatic rings. The quantitative estimate of drug-likeness (QED) is 0.632. The normalized spacial score (nSPS) is 14.3. The number of aryl methyl sites for hydroxylation is 1. The first-order chi connectivity index (χ1) is 10.1. The third-order valence-electron chi connectivity index (χ3n) is 3.57. The van der Waals surface area contributed by atoms with Gasteiger partial charge in [-0.15, -0.1) is 0 Å². The number of benzene rings is 1. The topological polar surface area (TPSA) is 49.3 Å². The molecule has 0 unspecified atom stereocenters. The predicted molar refractivity (Wildman–Crippen MR) is 85.0 cm³/mol. The second-order valence-corrected chi connectivity index (χ2v) is 5.69. The monoisotopic (exact) mass is 300 g/mol. The third-order valence-corrected chi connectivity index (χ3v) is 4.13. The van der Waals surface area contributed by atoms with E-state index in [-0.39, 0.29) is 6.03 Å². The van der Waals surface area contributed by atoms with E-state index in [0.717, 1.165) is 16.8 Å². The highest BCUT2D eigenvalue weighted by molar-refractivity contribution is 7.98. The maximum absolute atomic E-state index is 12.6. The first-order valence-electron chi connectivity index (χ1n) is 6.62. The van der Waals surface area contributed by atoms with Gasteiger partial charge in [0.1, 0.15) is 5.82 Å². The van der Waals surface area contributed by atoms with Crippen LogP contribution in [0.25, 0.3) is 0 Å². The van der Waals surface area contributed by atoms with E-state index in [0.29, 0.717) is 17.5 Å². The van der Waals surface area contributed by atoms with Crippen LogP contribution in [0.3, 0.4) is 0 Å². The minimum Gasteiger partial charge on any atom is -0.289 e. The van der Waals surface area contributed by atoms with Crippen molar-refractivity contribution in [3.63, 3.8) is 0 Å². The molecule has 0 fully saturated rings. The molecule has 0 atom stereocenters. The summed E-state index contributed by atoms with van der Waals surface area (Å²) in [6, 6.07) is 7.81. The summed E-state index contributed by atoms with van der Waals surface area (Å²) in [6.07, 6.45) is 3.73. The van der Waals surface area contributed by atoms with Crippen LogP contribution in [0.15, 0.2) is 35.6 Å². The summed E-state index contributed by atoms with van der Waals surface area (Å²) in [5.74, 6) is 0.698. The van der Waals surface area contributed by atoms with Crippen molar-refractivity contribution in [1.29, 1.82) is 0 Å². The lowest BCUT2D eigenvalue weighted by atomic mass is 10.1. The van der Waals surface area contributed by atoms with Gasteiger partial charge in [0.15, 0.2) is 5.16 Å². The predicted octanol–water partition coefficient (Wildman–Crippen LogP) is 3.08. The fraction of sp³-hybridized carbons (Fsp3) is 0.267. The van der Waals surface area contributed by atoms with Crippen LogP contribution < -0.4 is 9.80 Å². The van der Waals surface area contributed by atoms with E-state index in [1.807, 2.05) is 43.6 Å². The highest BCUT2D eigenvalue weighted by atomic mass is 32.2. The molecule has 2 heterocycles. The Morgan fingerprint density at radius 3 is 2.76 bits per heavy atom. The van der Waals surface area contributed by atoms with Crippen molar-refractivity contribution in [3.8, 4) is 0 Å². The minimum atomic E-state index is -0.0671. The lowest BCUT2D eigenvalue weighted by Crippen LogP contribution is -2.46. The maximum Gasteiger partial charge on any atom is 0.330 e.